The minimum Gasteiger partial charge on any atom is -0.377 e. The highest BCUT2D eigenvalue weighted by atomic mass is 35.5. The molecule has 0 unspecified atom stereocenters. The lowest BCUT2D eigenvalue weighted by atomic mass is 10.2. The van der Waals surface area contributed by atoms with Gasteiger partial charge >= 0.3 is 0 Å². The molecule has 1 aromatic rings. The summed E-state index contributed by atoms with van der Waals surface area (Å²) in [6, 6.07) is 5.41. The van der Waals surface area contributed by atoms with Crippen LogP contribution in [0.3, 0.4) is 0 Å². The van der Waals surface area contributed by atoms with E-state index in [1.807, 2.05) is 6.07 Å². The molecule has 0 fully saturated rings. The highest BCUT2D eigenvalue weighted by Gasteiger charge is 2.00. The molecular formula is C11H14Cl2O. The van der Waals surface area contributed by atoms with Gasteiger partial charge in [-0.15, -0.1) is 0 Å². The van der Waals surface area contributed by atoms with E-state index in [1.54, 1.807) is 12.1 Å². The van der Waals surface area contributed by atoms with E-state index in [0.717, 1.165) is 25.0 Å². The van der Waals surface area contributed by atoms with Crippen molar-refractivity contribution in [1.82, 2.24) is 0 Å². The predicted octanol–water partition coefficient (Wildman–Crippen LogP) is 4.31. The van der Waals surface area contributed by atoms with Crippen LogP contribution in [0.5, 0.6) is 0 Å². The Morgan fingerprint density at radius 3 is 2.79 bits per heavy atom. The van der Waals surface area contributed by atoms with Crippen molar-refractivity contribution >= 4 is 23.2 Å². The number of hydrogen-bond acceptors (Lipinski definition) is 1. The van der Waals surface area contributed by atoms with Crippen molar-refractivity contribution < 1.29 is 4.74 Å². The summed E-state index contributed by atoms with van der Waals surface area (Å²) >= 11 is 11.8. The number of unbranched alkanes of at least 4 members (excludes halogenated alkanes) is 1. The Morgan fingerprint density at radius 1 is 1.29 bits per heavy atom. The van der Waals surface area contributed by atoms with Gasteiger partial charge in [0, 0.05) is 16.7 Å². The third-order valence-corrected chi connectivity index (χ3v) is 2.51. The first-order valence-corrected chi connectivity index (χ1v) is 5.51. The molecule has 3 heteroatoms. The van der Waals surface area contributed by atoms with E-state index in [2.05, 4.69) is 6.92 Å². The Bertz CT molecular complexity index is 287. The van der Waals surface area contributed by atoms with E-state index >= 15 is 0 Å². The Labute approximate surface area is 95.0 Å². The van der Waals surface area contributed by atoms with Crippen LogP contribution in [0.1, 0.15) is 25.3 Å². The van der Waals surface area contributed by atoms with E-state index < -0.39 is 0 Å². The second-order valence-electron chi connectivity index (χ2n) is 3.14. The Morgan fingerprint density at radius 2 is 2.07 bits per heavy atom. The van der Waals surface area contributed by atoms with Crippen LogP contribution in [0.4, 0.5) is 0 Å². The third-order valence-electron chi connectivity index (χ3n) is 1.91. The van der Waals surface area contributed by atoms with Crippen LogP contribution in [0.2, 0.25) is 10.0 Å². The molecule has 0 spiro atoms. The first kappa shape index (κ1) is 11.8. The molecule has 0 bridgehead atoms. The molecule has 0 aromatic heterocycles. The van der Waals surface area contributed by atoms with Crippen molar-refractivity contribution in [3.63, 3.8) is 0 Å². The lowest BCUT2D eigenvalue weighted by Crippen LogP contribution is -1.95. The van der Waals surface area contributed by atoms with Crippen molar-refractivity contribution in [2.75, 3.05) is 6.61 Å². The highest BCUT2D eigenvalue weighted by Crippen LogP contribution is 2.21. The molecular weight excluding hydrogens is 219 g/mol. The van der Waals surface area contributed by atoms with Gasteiger partial charge in [0.2, 0.25) is 0 Å². The normalized spacial score (nSPS) is 10.5. The molecule has 1 rings (SSSR count). The van der Waals surface area contributed by atoms with E-state index in [-0.39, 0.29) is 0 Å². The van der Waals surface area contributed by atoms with Gasteiger partial charge in [-0.1, -0.05) is 36.5 Å². The summed E-state index contributed by atoms with van der Waals surface area (Å²) in [4.78, 5) is 0. The zero-order valence-corrected chi connectivity index (χ0v) is 9.74. The van der Waals surface area contributed by atoms with Gasteiger partial charge in [-0.2, -0.15) is 0 Å². The van der Waals surface area contributed by atoms with Crippen molar-refractivity contribution in [3.8, 4) is 0 Å². The highest BCUT2D eigenvalue weighted by molar-refractivity contribution is 6.33. The zero-order chi connectivity index (χ0) is 10.4. The van der Waals surface area contributed by atoms with E-state index in [0.29, 0.717) is 16.7 Å². The van der Waals surface area contributed by atoms with Crippen molar-refractivity contribution in [2.45, 2.75) is 26.4 Å². The maximum atomic E-state index is 5.97. The number of ether oxygens (including phenoxy) is 1. The molecule has 0 heterocycles. The molecule has 0 atom stereocenters. The largest absolute Gasteiger partial charge is 0.377 e. The molecule has 0 amide bonds. The fraction of sp³-hybridized carbons (Fsp3) is 0.455. The van der Waals surface area contributed by atoms with Gasteiger partial charge in [0.1, 0.15) is 0 Å². The predicted molar refractivity (Wildman–Crippen MR) is 61.0 cm³/mol. The monoisotopic (exact) mass is 232 g/mol. The smallest absolute Gasteiger partial charge is 0.0731 e. The van der Waals surface area contributed by atoms with Gasteiger partial charge < -0.3 is 4.74 Å². The summed E-state index contributed by atoms with van der Waals surface area (Å²) < 4.78 is 5.45. The Kier molecular flexibility index (Phi) is 5.31. The average Bonchev–Trinajstić information content (AvgIpc) is 2.18. The van der Waals surface area contributed by atoms with E-state index in [9.17, 15) is 0 Å². The second kappa shape index (κ2) is 6.28. The van der Waals surface area contributed by atoms with Crippen molar-refractivity contribution in [2.24, 2.45) is 0 Å². The van der Waals surface area contributed by atoms with Gasteiger partial charge in [0.25, 0.3) is 0 Å². The third kappa shape index (κ3) is 3.87. The minimum absolute atomic E-state index is 0.541. The Balaban J connectivity index is 2.45. The lowest BCUT2D eigenvalue weighted by molar-refractivity contribution is 0.118. The summed E-state index contributed by atoms with van der Waals surface area (Å²) in [6.07, 6.45) is 2.22. The summed E-state index contributed by atoms with van der Waals surface area (Å²) in [5.41, 5.74) is 0.954. The fourth-order valence-corrected chi connectivity index (χ4v) is 1.45. The van der Waals surface area contributed by atoms with Crippen LogP contribution in [-0.4, -0.2) is 6.61 Å². The summed E-state index contributed by atoms with van der Waals surface area (Å²) in [5.74, 6) is 0. The molecule has 1 nitrogen and oxygen atoms in total. The Hall–Kier alpha value is -0.240. The number of hydrogen-bond donors (Lipinski definition) is 0. The number of halogens is 2. The molecule has 78 valence electrons. The van der Waals surface area contributed by atoms with Crippen LogP contribution < -0.4 is 0 Å². The molecule has 14 heavy (non-hydrogen) atoms. The van der Waals surface area contributed by atoms with E-state index in [1.165, 1.54) is 0 Å². The summed E-state index contributed by atoms with van der Waals surface area (Å²) in [5, 5.41) is 1.41. The van der Waals surface area contributed by atoms with Crippen molar-refractivity contribution in [1.29, 1.82) is 0 Å². The standard InChI is InChI=1S/C11H14Cl2O/c1-2-3-6-14-8-9-7-10(12)4-5-11(9)13/h4-5,7H,2-3,6,8H2,1H3. The quantitative estimate of drug-likeness (QED) is 0.688. The minimum atomic E-state index is 0.541. The summed E-state index contributed by atoms with van der Waals surface area (Å²) in [7, 11) is 0. The van der Waals surface area contributed by atoms with Gasteiger partial charge in [-0.25, -0.2) is 0 Å². The van der Waals surface area contributed by atoms with Crippen LogP contribution >= 0.6 is 23.2 Å². The zero-order valence-electron chi connectivity index (χ0n) is 8.22. The van der Waals surface area contributed by atoms with Gasteiger partial charge in [0.05, 0.1) is 6.61 Å². The number of rotatable bonds is 5. The second-order valence-corrected chi connectivity index (χ2v) is 3.99. The van der Waals surface area contributed by atoms with E-state index in [4.69, 9.17) is 27.9 Å². The molecule has 0 aliphatic rings. The van der Waals surface area contributed by atoms with Crippen LogP contribution in [0.25, 0.3) is 0 Å². The number of benzene rings is 1. The summed E-state index contributed by atoms with van der Waals surface area (Å²) in [6.45, 7) is 3.45. The SMILES string of the molecule is CCCCOCc1cc(Cl)ccc1Cl. The molecule has 0 saturated carbocycles. The topological polar surface area (TPSA) is 9.23 Å². The van der Waals surface area contributed by atoms with Crippen LogP contribution in [-0.2, 0) is 11.3 Å². The van der Waals surface area contributed by atoms with Crippen LogP contribution in [0, 0.1) is 0 Å². The molecule has 0 aliphatic heterocycles. The average molecular weight is 233 g/mol. The first-order valence-electron chi connectivity index (χ1n) is 4.75. The van der Waals surface area contributed by atoms with Gasteiger partial charge in [-0.05, 0) is 30.2 Å². The maximum absolute atomic E-state index is 5.97. The lowest BCUT2D eigenvalue weighted by Gasteiger charge is -2.05. The fourth-order valence-electron chi connectivity index (χ4n) is 1.08. The maximum Gasteiger partial charge on any atom is 0.0731 e. The first-order chi connectivity index (χ1) is 6.74. The molecule has 0 radical (unpaired) electrons. The van der Waals surface area contributed by atoms with Crippen molar-refractivity contribution in [3.05, 3.63) is 33.8 Å². The molecule has 0 saturated heterocycles. The molecule has 0 aliphatic carbocycles. The van der Waals surface area contributed by atoms with Gasteiger partial charge in [-0.3, -0.25) is 0 Å². The molecule has 0 N–H and O–H groups in total. The molecule has 1 aromatic carbocycles. The van der Waals surface area contributed by atoms with Gasteiger partial charge in [0.15, 0.2) is 0 Å². The van der Waals surface area contributed by atoms with Crippen LogP contribution in [0.15, 0.2) is 18.2 Å².